The first kappa shape index (κ1) is 35.2. The lowest BCUT2D eigenvalue weighted by Crippen LogP contribution is -2.56. The third kappa shape index (κ3) is 5.08. The Labute approximate surface area is 299 Å². The number of ketones is 1. The van der Waals surface area contributed by atoms with Crippen LogP contribution in [0.3, 0.4) is 0 Å². The molecular formula is C42H61NO7. The summed E-state index contributed by atoms with van der Waals surface area (Å²) in [6.07, 6.45) is 6.42. The van der Waals surface area contributed by atoms with Crippen molar-refractivity contribution in [3.63, 3.8) is 0 Å². The van der Waals surface area contributed by atoms with Crippen molar-refractivity contribution in [1.82, 2.24) is 4.90 Å². The first-order valence-corrected chi connectivity index (χ1v) is 19.8. The maximum Gasteiger partial charge on any atom is 0.303 e. The lowest BCUT2D eigenvalue weighted by atomic mass is 9.46. The summed E-state index contributed by atoms with van der Waals surface area (Å²) >= 11 is 0. The average molecular weight is 692 g/mol. The van der Waals surface area contributed by atoms with Gasteiger partial charge in [-0.25, -0.2) is 0 Å². The number of carbonyl (C=O) groups excluding carboxylic acids is 2. The molecule has 8 heteroatoms. The number of hydrogen-bond donors (Lipinski definition) is 1. The van der Waals surface area contributed by atoms with Gasteiger partial charge in [-0.1, -0.05) is 58.0 Å². The number of ether oxygens (including phenoxy) is 4. The van der Waals surface area contributed by atoms with E-state index in [0.29, 0.717) is 30.8 Å². The molecule has 0 radical (unpaired) electrons. The van der Waals surface area contributed by atoms with Crippen LogP contribution in [0.25, 0.3) is 0 Å². The molecule has 0 amide bonds. The third-order valence-corrected chi connectivity index (χ3v) is 16.0. The monoisotopic (exact) mass is 691 g/mol. The number of carbonyl (C=O) groups is 2. The van der Waals surface area contributed by atoms with E-state index < -0.39 is 29.9 Å². The van der Waals surface area contributed by atoms with Crippen molar-refractivity contribution < 1.29 is 33.6 Å². The highest BCUT2D eigenvalue weighted by Crippen LogP contribution is 2.89. The summed E-state index contributed by atoms with van der Waals surface area (Å²) in [4.78, 5) is 29.2. The molecular weight excluding hydrogens is 630 g/mol. The van der Waals surface area contributed by atoms with Crippen LogP contribution in [-0.4, -0.2) is 77.8 Å². The lowest BCUT2D eigenvalue weighted by molar-refractivity contribution is -0.246. The van der Waals surface area contributed by atoms with Gasteiger partial charge in [-0.2, -0.15) is 0 Å². The van der Waals surface area contributed by atoms with Gasteiger partial charge in [0.15, 0.2) is 18.2 Å². The van der Waals surface area contributed by atoms with Gasteiger partial charge in [-0.05, 0) is 116 Å². The molecule has 276 valence electrons. The second-order valence-corrected chi connectivity index (χ2v) is 18.9. The van der Waals surface area contributed by atoms with Crippen molar-refractivity contribution in [3.05, 3.63) is 35.9 Å². The summed E-state index contributed by atoms with van der Waals surface area (Å²) in [6.45, 7) is 17.9. The molecule has 8 rings (SSSR count). The smallest absolute Gasteiger partial charge is 0.303 e. The van der Waals surface area contributed by atoms with E-state index in [0.717, 1.165) is 51.7 Å². The molecule has 5 saturated carbocycles. The largest absolute Gasteiger partial charge is 0.457 e. The molecule has 7 aliphatic rings. The zero-order valence-corrected chi connectivity index (χ0v) is 31.5. The van der Waals surface area contributed by atoms with Gasteiger partial charge >= 0.3 is 5.97 Å². The predicted octanol–water partition coefficient (Wildman–Crippen LogP) is 6.56. The van der Waals surface area contributed by atoms with Crippen LogP contribution in [0.15, 0.2) is 30.3 Å². The SMILES string of the molecule is CC(=O)OC(C1CCC2C(O1)C(=O)C1C3CCC4C(C)(C)C(OC5CN(Cc6ccccc6)CCO5)CCC45C(C)C35CCC21C)C(C)(C)O. The zero-order chi connectivity index (χ0) is 35.4. The molecule has 5 aliphatic carbocycles. The molecule has 1 aromatic carbocycles. The van der Waals surface area contributed by atoms with Gasteiger partial charge in [-0.3, -0.25) is 14.5 Å². The van der Waals surface area contributed by atoms with E-state index in [4.69, 9.17) is 18.9 Å². The Morgan fingerprint density at radius 3 is 2.48 bits per heavy atom. The van der Waals surface area contributed by atoms with Crippen molar-refractivity contribution in [2.75, 3.05) is 19.7 Å². The summed E-state index contributed by atoms with van der Waals surface area (Å²) in [5.74, 6) is 1.56. The fourth-order valence-electron chi connectivity index (χ4n) is 14.0. The van der Waals surface area contributed by atoms with Crippen LogP contribution in [0.4, 0.5) is 0 Å². The Morgan fingerprint density at radius 1 is 1.02 bits per heavy atom. The Balaban J connectivity index is 0.989. The van der Waals surface area contributed by atoms with Crippen molar-refractivity contribution >= 4 is 11.8 Å². The first-order chi connectivity index (χ1) is 23.6. The second-order valence-electron chi connectivity index (χ2n) is 18.9. The predicted molar refractivity (Wildman–Crippen MR) is 189 cm³/mol. The highest BCUT2D eigenvalue weighted by atomic mass is 16.7. The number of morpholine rings is 1. The normalized spacial score (nSPS) is 45.7. The zero-order valence-electron chi connectivity index (χ0n) is 31.5. The number of Topliss-reactive ketones (excluding diaryl/α,β-unsaturated/α-hetero) is 1. The van der Waals surface area contributed by atoms with Gasteiger partial charge in [0.05, 0.1) is 24.4 Å². The van der Waals surface area contributed by atoms with Gasteiger partial charge in [0.25, 0.3) is 0 Å². The highest BCUT2D eigenvalue weighted by molar-refractivity contribution is 5.90. The number of aliphatic hydroxyl groups is 1. The number of fused-ring (bicyclic) bond motifs is 4. The Kier molecular flexibility index (Phi) is 8.51. The van der Waals surface area contributed by atoms with Crippen LogP contribution in [0, 0.1) is 51.2 Å². The standard InChI is InChI=1S/C42H61NO7/c1-25-41-20-19-40(7)29-13-15-30(37(39(5,6)46)48-26(2)44)49-36(29)35(45)34(40)28(41)14-16-31-38(3,4)32(17-18-42(25,31)41)50-33-24-43(21-22-47-33)23-27-11-9-8-10-12-27/h8-12,25,28-34,36-37,46H,13-24H2,1-7H3. The molecule has 2 heterocycles. The quantitative estimate of drug-likeness (QED) is 0.322. The molecule has 2 aliphatic heterocycles. The van der Waals surface area contributed by atoms with E-state index in [-0.39, 0.29) is 51.7 Å². The van der Waals surface area contributed by atoms with Crippen LogP contribution < -0.4 is 0 Å². The fourth-order valence-corrected chi connectivity index (χ4v) is 14.0. The van der Waals surface area contributed by atoms with Crippen molar-refractivity contribution in [2.24, 2.45) is 51.2 Å². The number of rotatable bonds is 7. The highest BCUT2D eigenvalue weighted by Gasteiger charge is 2.85. The summed E-state index contributed by atoms with van der Waals surface area (Å²) in [7, 11) is 0. The van der Waals surface area contributed by atoms with Gasteiger partial charge in [0.2, 0.25) is 0 Å². The van der Waals surface area contributed by atoms with Crippen LogP contribution in [0.5, 0.6) is 0 Å². The van der Waals surface area contributed by atoms with Gasteiger partial charge < -0.3 is 24.1 Å². The van der Waals surface area contributed by atoms with Gasteiger partial charge in [0.1, 0.15) is 6.10 Å². The van der Waals surface area contributed by atoms with E-state index in [9.17, 15) is 14.7 Å². The fraction of sp³-hybridized carbons (Fsp3) is 0.810. The molecule has 50 heavy (non-hydrogen) atoms. The van der Waals surface area contributed by atoms with Crippen LogP contribution in [-0.2, 0) is 35.1 Å². The van der Waals surface area contributed by atoms with E-state index in [1.165, 1.54) is 25.3 Å². The first-order valence-electron chi connectivity index (χ1n) is 19.8. The molecule has 0 bridgehead atoms. The van der Waals surface area contributed by atoms with Crippen LogP contribution >= 0.6 is 0 Å². The minimum absolute atomic E-state index is 0.00501. The number of esters is 1. The number of benzene rings is 1. The number of nitrogens with zero attached hydrogens (tertiary/aromatic N) is 1. The number of hydrogen-bond acceptors (Lipinski definition) is 8. The van der Waals surface area contributed by atoms with Gasteiger partial charge in [0, 0.05) is 32.5 Å². The maximum atomic E-state index is 14.7. The van der Waals surface area contributed by atoms with E-state index in [2.05, 4.69) is 62.9 Å². The molecule has 1 aromatic rings. The van der Waals surface area contributed by atoms with Gasteiger partial charge in [-0.15, -0.1) is 0 Å². The van der Waals surface area contributed by atoms with E-state index in [1.54, 1.807) is 13.8 Å². The van der Waals surface area contributed by atoms with Crippen molar-refractivity contribution in [1.29, 1.82) is 0 Å². The van der Waals surface area contributed by atoms with E-state index >= 15 is 0 Å². The molecule has 8 nitrogen and oxygen atoms in total. The minimum atomic E-state index is -1.26. The third-order valence-electron chi connectivity index (χ3n) is 16.0. The summed E-state index contributed by atoms with van der Waals surface area (Å²) in [5, 5.41) is 10.9. The van der Waals surface area contributed by atoms with Crippen molar-refractivity contribution in [2.45, 2.75) is 143 Å². The molecule has 13 unspecified atom stereocenters. The Bertz CT molecular complexity index is 1470. The summed E-state index contributed by atoms with van der Waals surface area (Å²) < 4.78 is 25.5. The topological polar surface area (TPSA) is 94.5 Å². The van der Waals surface area contributed by atoms with Crippen molar-refractivity contribution in [3.8, 4) is 0 Å². The van der Waals surface area contributed by atoms with Crippen LogP contribution in [0.1, 0.15) is 105 Å². The minimum Gasteiger partial charge on any atom is -0.457 e. The van der Waals surface area contributed by atoms with E-state index in [1.807, 2.05) is 0 Å². The summed E-state index contributed by atoms with van der Waals surface area (Å²) in [5.41, 5.74) is 0.454. The molecule has 0 aromatic heterocycles. The molecule has 7 fully saturated rings. The summed E-state index contributed by atoms with van der Waals surface area (Å²) in [6, 6.07) is 10.7. The lowest BCUT2D eigenvalue weighted by Gasteiger charge is -2.59. The maximum absolute atomic E-state index is 14.7. The molecule has 13 atom stereocenters. The average Bonchev–Trinajstić information content (AvgIpc) is 3.51. The second kappa shape index (κ2) is 12.1. The molecule has 2 spiro atoms. The van der Waals surface area contributed by atoms with Crippen LogP contribution in [0.2, 0.25) is 0 Å². The Hall–Kier alpha value is -1.84. The Morgan fingerprint density at radius 2 is 1.76 bits per heavy atom. The molecule has 2 saturated heterocycles. The molecule has 1 N–H and O–H groups in total.